The minimum Gasteiger partial charge on any atom is -0.374 e. The lowest BCUT2D eigenvalue weighted by Gasteiger charge is -2.47. The van der Waals surface area contributed by atoms with Gasteiger partial charge in [-0.25, -0.2) is 0 Å². The first-order valence-electron chi connectivity index (χ1n) is 7.75. The average molecular weight is 234 g/mol. The van der Waals surface area contributed by atoms with Crippen LogP contribution in [0, 0.1) is 11.8 Å². The van der Waals surface area contributed by atoms with E-state index in [1.54, 1.807) is 0 Å². The van der Waals surface area contributed by atoms with E-state index >= 15 is 0 Å². The van der Waals surface area contributed by atoms with Crippen molar-refractivity contribution in [3.8, 4) is 0 Å². The van der Waals surface area contributed by atoms with Crippen LogP contribution in [0.3, 0.4) is 0 Å². The normalized spacial score (nSPS) is 41.4. The van der Waals surface area contributed by atoms with E-state index in [0.29, 0.717) is 12.2 Å². The maximum atomic E-state index is 6.46. The van der Waals surface area contributed by atoms with Gasteiger partial charge in [0.1, 0.15) is 0 Å². The zero-order valence-corrected chi connectivity index (χ0v) is 11.2. The Hall–Kier alpha value is -0.300. The Labute approximate surface area is 106 Å². The van der Waals surface area contributed by atoms with Crippen molar-refractivity contribution in [1.82, 2.24) is 0 Å². The standard InChI is InChI=1S/C16H26O/c1-2-7-15-13-9-4-3-8-12(13)14-10-5-6-11-16(14)17-15/h8,13-16H,2-7,9-11H2,1H3/t13-,14-,15-,16+/m0/s1. The second-order valence-corrected chi connectivity index (χ2v) is 6.13. The van der Waals surface area contributed by atoms with Crippen molar-refractivity contribution in [3.63, 3.8) is 0 Å². The van der Waals surface area contributed by atoms with E-state index in [9.17, 15) is 0 Å². The van der Waals surface area contributed by atoms with Gasteiger partial charge in [-0.1, -0.05) is 37.8 Å². The van der Waals surface area contributed by atoms with Crippen molar-refractivity contribution in [1.29, 1.82) is 0 Å². The molecular formula is C16H26O. The van der Waals surface area contributed by atoms with Gasteiger partial charge in [-0.05, 0) is 38.5 Å². The monoisotopic (exact) mass is 234 g/mol. The molecule has 4 atom stereocenters. The van der Waals surface area contributed by atoms with E-state index in [1.807, 2.05) is 5.57 Å². The van der Waals surface area contributed by atoms with E-state index < -0.39 is 0 Å². The zero-order chi connectivity index (χ0) is 11.7. The summed E-state index contributed by atoms with van der Waals surface area (Å²) in [6.07, 6.45) is 15.9. The maximum absolute atomic E-state index is 6.46. The molecule has 1 aliphatic heterocycles. The van der Waals surface area contributed by atoms with Gasteiger partial charge in [0.05, 0.1) is 12.2 Å². The Balaban J connectivity index is 1.83. The molecule has 0 bridgehead atoms. The van der Waals surface area contributed by atoms with Crippen molar-refractivity contribution in [2.75, 3.05) is 0 Å². The molecule has 0 aromatic heterocycles. The van der Waals surface area contributed by atoms with Crippen molar-refractivity contribution < 1.29 is 4.74 Å². The van der Waals surface area contributed by atoms with Crippen LogP contribution in [0.4, 0.5) is 0 Å². The Morgan fingerprint density at radius 3 is 2.82 bits per heavy atom. The van der Waals surface area contributed by atoms with Gasteiger partial charge < -0.3 is 4.74 Å². The zero-order valence-electron chi connectivity index (χ0n) is 11.2. The van der Waals surface area contributed by atoms with Gasteiger partial charge in [0, 0.05) is 11.8 Å². The van der Waals surface area contributed by atoms with Crippen LogP contribution in [0.25, 0.3) is 0 Å². The lowest BCUT2D eigenvalue weighted by atomic mass is 9.68. The second kappa shape index (κ2) is 5.14. The smallest absolute Gasteiger partial charge is 0.0644 e. The number of ether oxygens (including phenoxy) is 1. The van der Waals surface area contributed by atoms with Gasteiger partial charge in [0.15, 0.2) is 0 Å². The van der Waals surface area contributed by atoms with E-state index in [2.05, 4.69) is 13.0 Å². The third-order valence-electron chi connectivity index (χ3n) is 5.03. The number of rotatable bonds is 2. The first-order chi connectivity index (χ1) is 8.40. The highest BCUT2D eigenvalue weighted by Crippen LogP contribution is 2.46. The fraction of sp³-hybridized carbons (Fsp3) is 0.875. The van der Waals surface area contributed by atoms with Crippen LogP contribution in [0.2, 0.25) is 0 Å². The Morgan fingerprint density at radius 2 is 1.94 bits per heavy atom. The van der Waals surface area contributed by atoms with E-state index in [0.717, 1.165) is 11.8 Å². The predicted octanol–water partition coefficient (Wildman–Crippen LogP) is 4.47. The van der Waals surface area contributed by atoms with E-state index in [4.69, 9.17) is 4.74 Å². The molecule has 1 saturated carbocycles. The molecule has 1 heterocycles. The molecule has 3 rings (SSSR count). The lowest BCUT2D eigenvalue weighted by Crippen LogP contribution is -2.45. The summed E-state index contributed by atoms with van der Waals surface area (Å²) >= 11 is 0. The first-order valence-corrected chi connectivity index (χ1v) is 7.75. The number of hydrogen-bond donors (Lipinski definition) is 0. The van der Waals surface area contributed by atoms with E-state index in [-0.39, 0.29) is 0 Å². The van der Waals surface area contributed by atoms with Gasteiger partial charge in [0.2, 0.25) is 0 Å². The molecule has 17 heavy (non-hydrogen) atoms. The molecule has 0 N–H and O–H groups in total. The van der Waals surface area contributed by atoms with Crippen molar-refractivity contribution in [2.45, 2.75) is 76.9 Å². The predicted molar refractivity (Wildman–Crippen MR) is 71.0 cm³/mol. The quantitative estimate of drug-likeness (QED) is 0.640. The Kier molecular flexibility index (Phi) is 3.56. The van der Waals surface area contributed by atoms with Crippen LogP contribution >= 0.6 is 0 Å². The molecule has 1 nitrogen and oxygen atoms in total. The van der Waals surface area contributed by atoms with Crippen LogP contribution in [-0.4, -0.2) is 12.2 Å². The maximum Gasteiger partial charge on any atom is 0.0644 e. The highest BCUT2D eigenvalue weighted by Gasteiger charge is 2.42. The van der Waals surface area contributed by atoms with Gasteiger partial charge in [-0.15, -0.1) is 0 Å². The summed E-state index contributed by atoms with van der Waals surface area (Å²) in [4.78, 5) is 0. The highest BCUT2D eigenvalue weighted by atomic mass is 16.5. The number of fused-ring (bicyclic) bond motifs is 3. The largest absolute Gasteiger partial charge is 0.374 e. The molecule has 0 radical (unpaired) electrons. The molecule has 3 aliphatic rings. The van der Waals surface area contributed by atoms with Crippen LogP contribution < -0.4 is 0 Å². The molecule has 0 aromatic rings. The average Bonchev–Trinajstić information content (AvgIpc) is 2.39. The van der Waals surface area contributed by atoms with Crippen molar-refractivity contribution in [2.24, 2.45) is 11.8 Å². The fourth-order valence-corrected chi connectivity index (χ4v) is 4.27. The third kappa shape index (κ3) is 2.19. The summed E-state index contributed by atoms with van der Waals surface area (Å²) < 4.78 is 6.46. The third-order valence-corrected chi connectivity index (χ3v) is 5.03. The topological polar surface area (TPSA) is 9.23 Å². The molecular weight excluding hydrogens is 208 g/mol. The highest BCUT2D eigenvalue weighted by molar-refractivity contribution is 5.20. The molecule has 0 aromatic carbocycles. The van der Waals surface area contributed by atoms with Crippen LogP contribution in [0.1, 0.15) is 64.7 Å². The molecule has 0 spiro atoms. The summed E-state index contributed by atoms with van der Waals surface area (Å²) in [5.41, 5.74) is 1.81. The van der Waals surface area contributed by atoms with Gasteiger partial charge in [-0.3, -0.25) is 0 Å². The summed E-state index contributed by atoms with van der Waals surface area (Å²) in [6, 6.07) is 0. The summed E-state index contributed by atoms with van der Waals surface area (Å²) in [6.45, 7) is 2.29. The fourth-order valence-electron chi connectivity index (χ4n) is 4.27. The first kappa shape index (κ1) is 11.8. The van der Waals surface area contributed by atoms with Crippen LogP contribution in [0.15, 0.2) is 11.6 Å². The van der Waals surface area contributed by atoms with E-state index in [1.165, 1.54) is 57.8 Å². The molecule has 96 valence electrons. The molecule has 1 heteroatoms. The number of allylic oxidation sites excluding steroid dienone is 1. The SMILES string of the molecule is CCC[C@@H]1O[C@@H]2CCCC[C@H]2C2=CCCC[C@@H]21. The minimum atomic E-state index is 0.547. The van der Waals surface area contributed by atoms with Crippen molar-refractivity contribution >= 4 is 0 Å². The lowest BCUT2D eigenvalue weighted by molar-refractivity contribution is -0.106. The van der Waals surface area contributed by atoms with Gasteiger partial charge >= 0.3 is 0 Å². The molecule has 2 aliphatic carbocycles. The van der Waals surface area contributed by atoms with Crippen LogP contribution in [0.5, 0.6) is 0 Å². The summed E-state index contributed by atoms with van der Waals surface area (Å²) in [5, 5.41) is 0. The molecule has 1 saturated heterocycles. The number of hydrogen-bond acceptors (Lipinski definition) is 1. The molecule has 0 unspecified atom stereocenters. The Bertz CT molecular complexity index is 294. The summed E-state index contributed by atoms with van der Waals surface area (Å²) in [7, 11) is 0. The second-order valence-electron chi connectivity index (χ2n) is 6.13. The molecule has 0 amide bonds. The molecule has 2 fully saturated rings. The Morgan fingerprint density at radius 1 is 1.12 bits per heavy atom. The minimum absolute atomic E-state index is 0.547. The van der Waals surface area contributed by atoms with Crippen molar-refractivity contribution in [3.05, 3.63) is 11.6 Å². The van der Waals surface area contributed by atoms with Gasteiger partial charge in [0.25, 0.3) is 0 Å². The van der Waals surface area contributed by atoms with Gasteiger partial charge in [-0.2, -0.15) is 0 Å². The summed E-state index contributed by atoms with van der Waals surface area (Å²) in [5.74, 6) is 1.57. The van der Waals surface area contributed by atoms with Crippen LogP contribution in [-0.2, 0) is 4.74 Å².